The molecule has 1 fully saturated rings. The topological polar surface area (TPSA) is 57.6 Å². The molecule has 2 aliphatic heterocycles. The first-order valence-electron chi connectivity index (χ1n) is 10.7. The standard InChI is InChI=1S/C24H30N4O3/c1-26-11-13-27(14-12-26)17-24(29)28-22(20-9-4-5-10-23(20)31-3)16-21(25-28)18-7-6-8-19(15-18)30-2/h4-10,15,22H,11-14,16-17H2,1-3H3. The molecule has 0 N–H and O–H groups in total. The van der Waals surface area contributed by atoms with Crippen LogP contribution < -0.4 is 9.47 Å². The van der Waals surface area contributed by atoms with Crippen LogP contribution in [0.3, 0.4) is 0 Å². The Morgan fingerprint density at radius 3 is 2.55 bits per heavy atom. The van der Waals surface area contributed by atoms with Crippen LogP contribution in [0.5, 0.6) is 11.5 Å². The molecule has 7 heteroatoms. The van der Waals surface area contributed by atoms with E-state index >= 15 is 0 Å². The Labute approximate surface area is 183 Å². The summed E-state index contributed by atoms with van der Waals surface area (Å²) in [6.07, 6.45) is 0.627. The van der Waals surface area contributed by atoms with Crippen LogP contribution >= 0.6 is 0 Å². The Bertz CT molecular complexity index is 953. The molecule has 0 aromatic heterocycles. The molecular weight excluding hydrogens is 392 g/mol. The van der Waals surface area contributed by atoms with Crippen molar-refractivity contribution >= 4 is 11.6 Å². The SMILES string of the molecule is COc1cccc(C2=NN(C(=O)CN3CCN(C)CC3)C(c3ccccc3OC)C2)c1. The number of rotatable bonds is 6. The number of likely N-dealkylation sites (N-methyl/N-ethyl adjacent to an activating group) is 1. The van der Waals surface area contributed by atoms with Crippen molar-refractivity contribution in [3.05, 3.63) is 59.7 Å². The number of methoxy groups -OCH3 is 2. The van der Waals surface area contributed by atoms with Crippen LogP contribution in [-0.4, -0.2) is 80.4 Å². The number of amides is 1. The fourth-order valence-electron chi connectivity index (χ4n) is 4.17. The number of nitrogens with zero attached hydrogens (tertiary/aromatic N) is 4. The summed E-state index contributed by atoms with van der Waals surface area (Å²) in [5.74, 6) is 1.56. The van der Waals surface area contributed by atoms with Gasteiger partial charge in [0.15, 0.2) is 0 Å². The number of hydrazone groups is 1. The van der Waals surface area contributed by atoms with Crippen LogP contribution in [0.25, 0.3) is 0 Å². The van der Waals surface area contributed by atoms with Crippen LogP contribution in [0.2, 0.25) is 0 Å². The lowest BCUT2D eigenvalue weighted by molar-refractivity contribution is -0.134. The van der Waals surface area contributed by atoms with E-state index in [0.29, 0.717) is 13.0 Å². The Morgan fingerprint density at radius 1 is 1.03 bits per heavy atom. The lowest BCUT2D eigenvalue weighted by Gasteiger charge is -2.33. The molecule has 4 rings (SSSR count). The van der Waals surface area contributed by atoms with Gasteiger partial charge in [0.25, 0.3) is 5.91 Å². The third-order valence-corrected chi connectivity index (χ3v) is 6.02. The van der Waals surface area contributed by atoms with Gasteiger partial charge in [0.2, 0.25) is 0 Å². The zero-order valence-electron chi connectivity index (χ0n) is 18.5. The van der Waals surface area contributed by atoms with E-state index in [0.717, 1.165) is 54.5 Å². The van der Waals surface area contributed by atoms with Crippen LogP contribution in [0.4, 0.5) is 0 Å². The fourth-order valence-corrected chi connectivity index (χ4v) is 4.17. The van der Waals surface area contributed by atoms with Crippen molar-refractivity contribution in [3.63, 3.8) is 0 Å². The number of piperazine rings is 1. The molecule has 0 saturated carbocycles. The lowest BCUT2D eigenvalue weighted by Crippen LogP contribution is -2.48. The van der Waals surface area contributed by atoms with E-state index in [1.165, 1.54) is 0 Å². The molecule has 2 aliphatic rings. The number of ether oxygens (including phenoxy) is 2. The van der Waals surface area contributed by atoms with Crippen molar-refractivity contribution in [1.82, 2.24) is 14.8 Å². The van der Waals surface area contributed by atoms with Gasteiger partial charge < -0.3 is 14.4 Å². The first-order valence-corrected chi connectivity index (χ1v) is 10.7. The van der Waals surface area contributed by atoms with Gasteiger partial charge in [-0.15, -0.1) is 0 Å². The van der Waals surface area contributed by atoms with Gasteiger partial charge in [-0.1, -0.05) is 30.3 Å². The number of hydrogen-bond acceptors (Lipinski definition) is 6. The Hall–Kier alpha value is -2.90. The van der Waals surface area contributed by atoms with Crippen molar-refractivity contribution in [2.75, 3.05) is 54.0 Å². The highest BCUT2D eigenvalue weighted by Gasteiger charge is 2.35. The first kappa shape index (κ1) is 21.3. The van der Waals surface area contributed by atoms with Crippen LogP contribution in [0.15, 0.2) is 53.6 Å². The van der Waals surface area contributed by atoms with Crippen molar-refractivity contribution in [1.29, 1.82) is 0 Å². The van der Waals surface area contributed by atoms with E-state index in [4.69, 9.17) is 14.6 Å². The summed E-state index contributed by atoms with van der Waals surface area (Å²) in [6.45, 7) is 4.10. The lowest BCUT2D eigenvalue weighted by atomic mass is 9.97. The minimum absolute atomic E-state index is 0.0124. The van der Waals surface area contributed by atoms with Gasteiger partial charge in [0, 0.05) is 43.7 Å². The molecule has 7 nitrogen and oxygen atoms in total. The number of hydrogen-bond donors (Lipinski definition) is 0. The van der Waals surface area contributed by atoms with Crippen LogP contribution in [0.1, 0.15) is 23.6 Å². The second-order valence-electron chi connectivity index (χ2n) is 8.06. The largest absolute Gasteiger partial charge is 0.497 e. The molecule has 1 atom stereocenters. The van der Waals surface area contributed by atoms with Gasteiger partial charge in [-0.25, -0.2) is 5.01 Å². The van der Waals surface area contributed by atoms with Gasteiger partial charge in [-0.05, 0) is 25.2 Å². The second kappa shape index (κ2) is 9.49. The van der Waals surface area contributed by atoms with E-state index in [1.807, 2.05) is 48.5 Å². The number of carbonyl (C=O) groups excluding carboxylic acids is 1. The summed E-state index contributed by atoms with van der Waals surface area (Å²) in [7, 11) is 5.43. The van der Waals surface area contributed by atoms with Crippen LogP contribution in [0, 0.1) is 0 Å². The summed E-state index contributed by atoms with van der Waals surface area (Å²) in [5.41, 5.74) is 2.81. The second-order valence-corrected chi connectivity index (χ2v) is 8.06. The molecule has 0 aliphatic carbocycles. The number of benzene rings is 2. The van der Waals surface area contributed by atoms with E-state index in [1.54, 1.807) is 19.2 Å². The van der Waals surface area contributed by atoms with Crippen molar-refractivity contribution in [3.8, 4) is 11.5 Å². The normalized spacial score (nSPS) is 19.9. The average molecular weight is 423 g/mol. The maximum absolute atomic E-state index is 13.4. The molecule has 1 unspecified atom stereocenters. The molecule has 0 spiro atoms. The zero-order chi connectivity index (χ0) is 21.8. The summed E-state index contributed by atoms with van der Waals surface area (Å²) < 4.78 is 11.0. The van der Waals surface area contributed by atoms with Crippen molar-refractivity contribution < 1.29 is 14.3 Å². The maximum atomic E-state index is 13.4. The monoisotopic (exact) mass is 422 g/mol. The minimum atomic E-state index is -0.197. The molecule has 0 bridgehead atoms. The minimum Gasteiger partial charge on any atom is -0.497 e. The third-order valence-electron chi connectivity index (χ3n) is 6.02. The predicted octanol–water partition coefficient (Wildman–Crippen LogP) is 2.63. The quantitative estimate of drug-likeness (QED) is 0.716. The predicted molar refractivity (Wildman–Crippen MR) is 121 cm³/mol. The highest BCUT2D eigenvalue weighted by molar-refractivity contribution is 6.03. The highest BCUT2D eigenvalue weighted by atomic mass is 16.5. The Morgan fingerprint density at radius 2 is 1.81 bits per heavy atom. The molecule has 0 radical (unpaired) electrons. The third kappa shape index (κ3) is 4.73. The molecule has 2 aromatic carbocycles. The molecule has 31 heavy (non-hydrogen) atoms. The number of para-hydroxylation sites is 1. The van der Waals surface area contributed by atoms with Gasteiger partial charge >= 0.3 is 0 Å². The zero-order valence-corrected chi connectivity index (χ0v) is 18.5. The van der Waals surface area contributed by atoms with E-state index in [2.05, 4.69) is 16.8 Å². The molecule has 1 amide bonds. The van der Waals surface area contributed by atoms with Crippen molar-refractivity contribution in [2.24, 2.45) is 5.10 Å². The summed E-state index contributed by atoms with van der Waals surface area (Å²) in [5, 5.41) is 6.46. The number of carbonyl (C=O) groups is 1. The molecule has 1 saturated heterocycles. The average Bonchev–Trinajstić information content (AvgIpc) is 3.26. The van der Waals surface area contributed by atoms with Gasteiger partial charge in [0.05, 0.1) is 32.5 Å². The van der Waals surface area contributed by atoms with Gasteiger partial charge in [-0.2, -0.15) is 5.10 Å². The molecular formula is C24H30N4O3. The first-order chi connectivity index (χ1) is 15.1. The van der Waals surface area contributed by atoms with E-state index < -0.39 is 0 Å². The molecule has 164 valence electrons. The summed E-state index contributed by atoms with van der Waals surface area (Å²) in [6, 6.07) is 15.5. The smallest absolute Gasteiger partial charge is 0.257 e. The summed E-state index contributed by atoms with van der Waals surface area (Å²) >= 11 is 0. The van der Waals surface area contributed by atoms with Crippen LogP contribution in [-0.2, 0) is 4.79 Å². The van der Waals surface area contributed by atoms with E-state index in [-0.39, 0.29) is 11.9 Å². The molecule has 2 heterocycles. The highest BCUT2D eigenvalue weighted by Crippen LogP contribution is 2.37. The Kier molecular flexibility index (Phi) is 6.53. The van der Waals surface area contributed by atoms with E-state index in [9.17, 15) is 4.79 Å². The Balaban J connectivity index is 1.62. The fraction of sp³-hybridized carbons (Fsp3) is 0.417. The van der Waals surface area contributed by atoms with Gasteiger partial charge in [-0.3, -0.25) is 9.69 Å². The molecule has 2 aromatic rings. The maximum Gasteiger partial charge on any atom is 0.257 e. The van der Waals surface area contributed by atoms with Gasteiger partial charge in [0.1, 0.15) is 11.5 Å². The van der Waals surface area contributed by atoms with Crippen molar-refractivity contribution in [2.45, 2.75) is 12.5 Å². The summed E-state index contributed by atoms with van der Waals surface area (Å²) in [4.78, 5) is 17.9.